The Kier molecular flexibility index (Phi) is 8.13. The maximum atomic E-state index is 12.7. The van der Waals surface area contributed by atoms with Crippen LogP contribution in [0.15, 0.2) is 53.9 Å². The lowest BCUT2D eigenvalue weighted by molar-refractivity contribution is -0.119. The molecule has 1 saturated heterocycles. The van der Waals surface area contributed by atoms with Crippen molar-refractivity contribution in [3.63, 3.8) is 0 Å². The predicted molar refractivity (Wildman–Crippen MR) is 133 cm³/mol. The molecule has 0 spiro atoms. The van der Waals surface area contributed by atoms with Crippen molar-refractivity contribution >= 4 is 17.1 Å². The van der Waals surface area contributed by atoms with Gasteiger partial charge in [0.2, 0.25) is 0 Å². The number of likely N-dealkylation sites (tertiary alicyclic amines) is 1. The Bertz CT molecular complexity index is 1040. The Morgan fingerprint density at radius 3 is 2.48 bits per heavy atom. The molecular weight excluding hydrogens is 432 g/mol. The largest absolute Gasteiger partial charge is 0.493 e. The molecule has 1 aliphatic rings. The van der Waals surface area contributed by atoms with Gasteiger partial charge in [-0.1, -0.05) is 36.4 Å². The van der Waals surface area contributed by atoms with Gasteiger partial charge in [0.1, 0.15) is 0 Å². The second kappa shape index (κ2) is 11.4. The van der Waals surface area contributed by atoms with Crippen molar-refractivity contribution in [2.24, 2.45) is 0 Å². The Labute approximate surface area is 200 Å². The molecule has 174 valence electrons. The maximum Gasteiger partial charge on any atom is 0.161 e. The summed E-state index contributed by atoms with van der Waals surface area (Å²) in [5.41, 5.74) is 3.52. The lowest BCUT2D eigenvalue weighted by atomic mass is 9.97. The quantitative estimate of drug-likeness (QED) is 0.426. The molecule has 0 amide bonds. The Hall–Kier alpha value is -2.70. The van der Waals surface area contributed by atoms with Crippen LogP contribution < -0.4 is 9.47 Å². The van der Waals surface area contributed by atoms with Crippen molar-refractivity contribution in [2.75, 3.05) is 33.9 Å². The highest BCUT2D eigenvalue weighted by atomic mass is 32.1. The van der Waals surface area contributed by atoms with Crippen LogP contribution in [0, 0.1) is 0 Å². The standard InChI is InChI=1S/C27H32N2O3S/c1-31-25-11-9-21(17-26(25)32-2)16-24(30)18-29-14-12-22(13-15-29)27-28-23(19-33-27)10-8-20-6-4-3-5-7-20/h3-7,9,11,17,19,22H,8,10,12-16,18H2,1-2H3. The second-order valence-corrected chi connectivity index (χ2v) is 9.51. The smallest absolute Gasteiger partial charge is 0.161 e. The molecule has 0 saturated carbocycles. The van der Waals surface area contributed by atoms with E-state index in [1.807, 2.05) is 18.2 Å². The van der Waals surface area contributed by atoms with Gasteiger partial charge < -0.3 is 9.47 Å². The van der Waals surface area contributed by atoms with Crippen LogP contribution in [0.5, 0.6) is 11.5 Å². The van der Waals surface area contributed by atoms with Crippen molar-refractivity contribution in [1.29, 1.82) is 0 Å². The molecule has 5 nitrogen and oxygen atoms in total. The van der Waals surface area contributed by atoms with E-state index in [0.717, 1.165) is 44.3 Å². The molecule has 6 heteroatoms. The van der Waals surface area contributed by atoms with Crippen molar-refractivity contribution in [1.82, 2.24) is 9.88 Å². The fraction of sp³-hybridized carbons (Fsp3) is 0.407. The van der Waals surface area contributed by atoms with Gasteiger partial charge in [-0.05, 0) is 62.0 Å². The molecule has 1 aromatic heterocycles. The van der Waals surface area contributed by atoms with Crippen LogP contribution in [0.25, 0.3) is 0 Å². The highest BCUT2D eigenvalue weighted by Gasteiger charge is 2.24. The first-order chi connectivity index (χ1) is 16.1. The summed E-state index contributed by atoms with van der Waals surface area (Å²) in [5, 5.41) is 3.48. The second-order valence-electron chi connectivity index (χ2n) is 8.62. The highest BCUT2D eigenvalue weighted by Crippen LogP contribution is 2.31. The molecule has 0 radical (unpaired) electrons. The SMILES string of the molecule is COc1ccc(CC(=O)CN2CCC(c3nc(CCc4ccccc4)cs3)CC2)cc1OC. The van der Waals surface area contributed by atoms with Crippen molar-refractivity contribution < 1.29 is 14.3 Å². The number of piperidine rings is 1. The lowest BCUT2D eigenvalue weighted by Gasteiger charge is -2.30. The lowest BCUT2D eigenvalue weighted by Crippen LogP contribution is -2.37. The van der Waals surface area contributed by atoms with Gasteiger partial charge in [0.05, 0.1) is 31.5 Å². The molecule has 0 unspecified atom stereocenters. The molecule has 1 aliphatic heterocycles. The number of hydrogen-bond acceptors (Lipinski definition) is 6. The number of ether oxygens (including phenoxy) is 2. The third-order valence-corrected chi connectivity index (χ3v) is 7.32. The van der Waals surface area contributed by atoms with Gasteiger partial charge in [0.25, 0.3) is 0 Å². The van der Waals surface area contributed by atoms with Gasteiger partial charge in [-0.15, -0.1) is 11.3 Å². The average Bonchev–Trinajstić information content (AvgIpc) is 3.33. The molecule has 0 aliphatic carbocycles. The fourth-order valence-electron chi connectivity index (χ4n) is 4.40. The Balaban J connectivity index is 1.23. The zero-order valence-corrected chi connectivity index (χ0v) is 20.3. The van der Waals surface area contributed by atoms with E-state index in [0.29, 0.717) is 30.4 Å². The number of aromatic nitrogens is 1. The van der Waals surface area contributed by atoms with E-state index in [-0.39, 0.29) is 5.78 Å². The zero-order valence-electron chi connectivity index (χ0n) is 19.5. The van der Waals surface area contributed by atoms with E-state index in [2.05, 4.69) is 40.6 Å². The summed E-state index contributed by atoms with van der Waals surface area (Å²) >= 11 is 1.80. The molecule has 4 rings (SSSR count). The highest BCUT2D eigenvalue weighted by molar-refractivity contribution is 7.09. The predicted octanol–water partition coefficient (Wildman–Crippen LogP) is 4.94. The number of aryl methyl sites for hydroxylation is 2. The summed E-state index contributed by atoms with van der Waals surface area (Å²) < 4.78 is 10.6. The Morgan fingerprint density at radius 1 is 1.00 bits per heavy atom. The maximum absolute atomic E-state index is 12.7. The van der Waals surface area contributed by atoms with Crippen LogP contribution in [0.4, 0.5) is 0 Å². The molecule has 0 N–H and O–H groups in total. The summed E-state index contributed by atoms with van der Waals surface area (Å²) in [6, 6.07) is 16.3. The minimum atomic E-state index is 0.234. The zero-order chi connectivity index (χ0) is 23.0. The summed E-state index contributed by atoms with van der Waals surface area (Å²) in [5.74, 6) is 2.09. The van der Waals surface area contributed by atoms with Gasteiger partial charge >= 0.3 is 0 Å². The number of nitrogens with zero attached hydrogens (tertiary/aromatic N) is 2. The number of methoxy groups -OCH3 is 2. The molecule has 2 heterocycles. The van der Waals surface area contributed by atoms with Gasteiger partial charge in [0, 0.05) is 17.7 Å². The van der Waals surface area contributed by atoms with E-state index in [4.69, 9.17) is 14.5 Å². The molecule has 0 atom stereocenters. The number of rotatable bonds is 10. The van der Waals surface area contributed by atoms with E-state index in [1.54, 1.807) is 25.6 Å². The molecule has 3 aromatic rings. The minimum Gasteiger partial charge on any atom is -0.493 e. The molecule has 33 heavy (non-hydrogen) atoms. The van der Waals surface area contributed by atoms with Crippen LogP contribution in [-0.2, 0) is 24.1 Å². The number of thiazole rings is 1. The number of benzene rings is 2. The van der Waals surface area contributed by atoms with Crippen molar-refractivity contribution in [3.8, 4) is 11.5 Å². The van der Waals surface area contributed by atoms with Gasteiger partial charge in [-0.3, -0.25) is 9.69 Å². The number of carbonyl (C=O) groups is 1. The third-order valence-electron chi connectivity index (χ3n) is 6.27. The summed E-state index contributed by atoms with van der Waals surface area (Å²) in [6.45, 7) is 2.39. The van der Waals surface area contributed by atoms with Crippen LogP contribution in [0.3, 0.4) is 0 Å². The van der Waals surface area contributed by atoms with Crippen molar-refractivity contribution in [3.05, 3.63) is 75.7 Å². The molecule has 1 fully saturated rings. The minimum absolute atomic E-state index is 0.234. The van der Waals surface area contributed by atoms with E-state index in [9.17, 15) is 4.79 Å². The number of Topliss-reactive ketones (excluding diaryl/α,β-unsaturated/α-hetero) is 1. The average molecular weight is 465 g/mol. The van der Waals surface area contributed by atoms with Gasteiger partial charge in [-0.25, -0.2) is 4.98 Å². The number of hydrogen-bond donors (Lipinski definition) is 0. The topological polar surface area (TPSA) is 51.7 Å². The molecular formula is C27H32N2O3S. The van der Waals surface area contributed by atoms with E-state index < -0.39 is 0 Å². The normalized spacial score (nSPS) is 14.8. The van der Waals surface area contributed by atoms with Crippen LogP contribution >= 0.6 is 11.3 Å². The molecule has 2 aromatic carbocycles. The Morgan fingerprint density at radius 2 is 1.76 bits per heavy atom. The molecule has 0 bridgehead atoms. The monoisotopic (exact) mass is 464 g/mol. The summed E-state index contributed by atoms with van der Waals surface area (Å²) in [4.78, 5) is 19.9. The van der Waals surface area contributed by atoms with Crippen LogP contribution in [0.2, 0.25) is 0 Å². The first-order valence-corrected chi connectivity index (χ1v) is 12.5. The first-order valence-electron chi connectivity index (χ1n) is 11.6. The van der Waals surface area contributed by atoms with E-state index in [1.165, 1.54) is 16.3 Å². The van der Waals surface area contributed by atoms with Crippen LogP contribution in [0.1, 0.15) is 40.6 Å². The van der Waals surface area contributed by atoms with Gasteiger partial charge in [-0.2, -0.15) is 0 Å². The van der Waals surface area contributed by atoms with E-state index >= 15 is 0 Å². The fourth-order valence-corrected chi connectivity index (χ4v) is 5.43. The van der Waals surface area contributed by atoms with Crippen molar-refractivity contribution in [2.45, 2.75) is 38.0 Å². The number of carbonyl (C=O) groups excluding carboxylic acids is 1. The van der Waals surface area contributed by atoms with Gasteiger partial charge in [0.15, 0.2) is 17.3 Å². The first kappa shape index (κ1) is 23.5. The summed E-state index contributed by atoms with van der Waals surface area (Å²) in [6.07, 6.45) is 4.57. The number of ketones is 1. The summed E-state index contributed by atoms with van der Waals surface area (Å²) in [7, 11) is 3.23. The van der Waals surface area contributed by atoms with Crippen LogP contribution in [-0.4, -0.2) is 49.5 Å². The third kappa shape index (κ3) is 6.42.